The van der Waals surface area contributed by atoms with Gasteiger partial charge in [-0.05, 0) is 18.1 Å². The van der Waals surface area contributed by atoms with Crippen LogP contribution in [0.5, 0.6) is 0 Å². The molecule has 0 heterocycles. The summed E-state index contributed by atoms with van der Waals surface area (Å²) in [4.78, 5) is 11.6. The Morgan fingerprint density at radius 3 is 2.47 bits per heavy atom. The van der Waals surface area contributed by atoms with E-state index in [1.807, 2.05) is 0 Å². The molecule has 0 saturated heterocycles. The fourth-order valence-corrected chi connectivity index (χ4v) is 1.18. The molecule has 82 valence electrons. The first-order valence-electron chi connectivity index (χ1n) is 4.69. The predicted octanol–water partition coefficient (Wildman–Crippen LogP) is 2.13. The average Bonchev–Trinajstić information content (AvgIpc) is 2.20. The first-order chi connectivity index (χ1) is 6.95. The van der Waals surface area contributed by atoms with Gasteiger partial charge in [-0.15, -0.1) is 0 Å². The lowest BCUT2D eigenvalue weighted by molar-refractivity contribution is 0.0935. The third-order valence-corrected chi connectivity index (χ3v) is 2.24. The largest absolute Gasteiger partial charge is 0.321 e. The van der Waals surface area contributed by atoms with Crippen LogP contribution in [0.2, 0.25) is 0 Å². The minimum atomic E-state index is -1.13. The number of carbonyl (C=O) groups excluding carboxylic acids is 1. The smallest absolute Gasteiger partial charge is 0.182 e. The molecular weight excluding hydrogens is 200 g/mol. The van der Waals surface area contributed by atoms with Crippen molar-refractivity contribution in [2.45, 2.75) is 19.9 Å². The van der Waals surface area contributed by atoms with Crippen LogP contribution in [0.15, 0.2) is 18.2 Å². The van der Waals surface area contributed by atoms with Gasteiger partial charge in [-0.3, -0.25) is 4.79 Å². The summed E-state index contributed by atoms with van der Waals surface area (Å²) in [6, 6.07) is 2.69. The number of ketones is 1. The summed E-state index contributed by atoms with van der Waals surface area (Å²) in [5, 5.41) is 0. The van der Waals surface area contributed by atoms with E-state index in [1.165, 1.54) is 12.1 Å². The molecule has 1 atom stereocenters. The normalized spacial score (nSPS) is 12.9. The van der Waals surface area contributed by atoms with Crippen molar-refractivity contribution in [1.82, 2.24) is 0 Å². The molecule has 1 aromatic carbocycles. The van der Waals surface area contributed by atoms with E-state index in [0.717, 1.165) is 6.07 Å². The number of nitrogens with two attached hydrogens (primary N) is 1. The molecule has 15 heavy (non-hydrogen) atoms. The highest BCUT2D eigenvalue weighted by molar-refractivity contribution is 6.00. The van der Waals surface area contributed by atoms with Crippen LogP contribution in [0.1, 0.15) is 24.2 Å². The molecule has 0 fully saturated rings. The summed E-state index contributed by atoms with van der Waals surface area (Å²) >= 11 is 0. The monoisotopic (exact) mass is 213 g/mol. The Hall–Kier alpha value is -1.29. The van der Waals surface area contributed by atoms with E-state index in [4.69, 9.17) is 5.73 Å². The van der Waals surface area contributed by atoms with E-state index in [9.17, 15) is 13.6 Å². The number of Topliss-reactive ketones (excluding diaryl/α,β-unsaturated/α-hetero) is 1. The molecule has 1 rings (SSSR count). The van der Waals surface area contributed by atoms with E-state index in [-0.39, 0.29) is 11.5 Å². The van der Waals surface area contributed by atoms with E-state index in [0.29, 0.717) is 0 Å². The van der Waals surface area contributed by atoms with Crippen molar-refractivity contribution >= 4 is 5.78 Å². The molecule has 0 aliphatic rings. The number of hydrogen-bond donors (Lipinski definition) is 1. The summed E-state index contributed by atoms with van der Waals surface area (Å²) in [6.45, 7) is 3.50. The number of hydrogen-bond acceptors (Lipinski definition) is 2. The number of rotatable bonds is 3. The zero-order valence-corrected chi connectivity index (χ0v) is 8.63. The Balaban J connectivity index is 3.07. The van der Waals surface area contributed by atoms with Crippen molar-refractivity contribution in [3.05, 3.63) is 35.4 Å². The topological polar surface area (TPSA) is 43.1 Å². The Morgan fingerprint density at radius 1 is 1.33 bits per heavy atom. The lowest BCUT2D eigenvalue weighted by Gasteiger charge is -2.14. The second-order valence-electron chi connectivity index (χ2n) is 3.74. The summed E-state index contributed by atoms with van der Waals surface area (Å²) in [7, 11) is 0. The predicted molar refractivity (Wildman–Crippen MR) is 53.5 cm³/mol. The second-order valence-corrected chi connectivity index (χ2v) is 3.74. The molecule has 4 heteroatoms. The van der Waals surface area contributed by atoms with Crippen molar-refractivity contribution in [3.63, 3.8) is 0 Å². The average molecular weight is 213 g/mol. The fourth-order valence-electron chi connectivity index (χ4n) is 1.18. The lowest BCUT2D eigenvalue weighted by atomic mass is 9.95. The minimum Gasteiger partial charge on any atom is -0.321 e. The highest BCUT2D eigenvalue weighted by Gasteiger charge is 2.23. The van der Waals surface area contributed by atoms with Crippen molar-refractivity contribution in [2.24, 2.45) is 11.7 Å². The molecule has 0 aliphatic heterocycles. The molecule has 0 aromatic heterocycles. The van der Waals surface area contributed by atoms with Crippen molar-refractivity contribution in [1.29, 1.82) is 0 Å². The molecule has 0 radical (unpaired) electrons. The molecule has 0 spiro atoms. The maximum absolute atomic E-state index is 13.2. The summed E-state index contributed by atoms with van der Waals surface area (Å²) < 4.78 is 26.1. The van der Waals surface area contributed by atoms with Gasteiger partial charge < -0.3 is 5.73 Å². The number of halogens is 2. The molecule has 2 N–H and O–H groups in total. The Bertz CT molecular complexity index is 377. The number of benzene rings is 1. The van der Waals surface area contributed by atoms with Crippen LogP contribution < -0.4 is 5.73 Å². The van der Waals surface area contributed by atoms with Gasteiger partial charge in [-0.25, -0.2) is 8.78 Å². The van der Waals surface area contributed by atoms with Crippen molar-refractivity contribution in [2.75, 3.05) is 0 Å². The van der Waals surface area contributed by atoms with E-state index < -0.39 is 23.5 Å². The van der Waals surface area contributed by atoms with E-state index >= 15 is 0 Å². The fraction of sp³-hybridized carbons (Fsp3) is 0.364. The van der Waals surface area contributed by atoms with Crippen LogP contribution in [0.3, 0.4) is 0 Å². The van der Waals surface area contributed by atoms with Gasteiger partial charge in [0.25, 0.3) is 0 Å². The summed E-state index contributed by atoms with van der Waals surface area (Å²) in [6.07, 6.45) is 0. The SMILES string of the molecule is CC(C)C(N)C(=O)c1cccc(F)c1F. The summed E-state index contributed by atoms with van der Waals surface area (Å²) in [5.41, 5.74) is 5.29. The lowest BCUT2D eigenvalue weighted by Crippen LogP contribution is -2.36. The van der Waals surface area contributed by atoms with Gasteiger partial charge in [0.15, 0.2) is 17.4 Å². The van der Waals surface area contributed by atoms with Gasteiger partial charge in [-0.2, -0.15) is 0 Å². The van der Waals surface area contributed by atoms with Gasteiger partial charge in [0.2, 0.25) is 0 Å². The molecule has 1 unspecified atom stereocenters. The third kappa shape index (κ3) is 2.39. The van der Waals surface area contributed by atoms with Crippen LogP contribution in [-0.4, -0.2) is 11.8 Å². The van der Waals surface area contributed by atoms with Crippen LogP contribution in [0, 0.1) is 17.6 Å². The Labute approximate surface area is 87.1 Å². The maximum atomic E-state index is 13.2. The van der Waals surface area contributed by atoms with E-state index in [2.05, 4.69) is 0 Å². The van der Waals surface area contributed by atoms with Crippen LogP contribution in [0.25, 0.3) is 0 Å². The maximum Gasteiger partial charge on any atom is 0.182 e. The van der Waals surface area contributed by atoms with Crippen LogP contribution in [0.4, 0.5) is 8.78 Å². The second kappa shape index (κ2) is 4.49. The van der Waals surface area contributed by atoms with Crippen molar-refractivity contribution in [3.8, 4) is 0 Å². The Morgan fingerprint density at radius 2 is 1.93 bits per heavy atom. The van der Waals surface area contributed by atoms with Gasteiger partial charge >= 0.3 is 0 Å². The zero-order chi connectivity index (χ0) is 11.6. The molecular formula is C11H13F2NO. The standard InChI is InChI=1S/C11H13F2NO/c1-6(2)10(14)11(15)7-4-3-5-8(12)9(7)13/h3-6,10H,14H2,1-2H3. The van der Waals surface area contributed by atoms with Crippen LogP contribution in [-0.2, 0) is 0 Å². The molecule has 0 aliphatic carbocycles. The zero-order valence-electron chi connectivity index (χ0n) is 8.63. The molecule has 0 amide bonds. The molecule has 1 aromatic rings. The highest BCUT2D eigenvalue weighted by Crippen LogP contribution is 2.15. The van der Waals surface area contributed by atoms with Gasteiger partial charge in [0, 0.05) is 0 Å². The van der Waals surface area contributed by atoms with Gasteiger partial charge in [0.1, 0.15) is 0 Å². The van der Waals surface area contributed by atoms with Crippen LogP contribution >= 0.6 is 0 Å². The quantitative estimate of drug-likeness (QED) is 0.781. The first kappa shape index (κ1) is 11.8. The van der Waals surface area contributed by atoms with E-state index in [1.54, 1.807) is 13.8 Å². The van der Waals surface area contributed by atoms with Crippen molar-refractivity contribution < 1.29 is 13.6 Å². The summed E-state index contributed by atoms with van der Waals surface area (Å²) in [5.74, 6) is -2.84. The number of carbonyl (C=O) groups is 1. The molecule has 0 saturated carbocycles. The van der Waals surface area contributed by atoms with Gasteiger partial charge in [-0.1, -0.05) is 19.9 Å². The molecule has 0 bridgehead atoms. The minimum absolute atomic E-state index is 0.111. The van der Waals surface area contributed by atoms with Gasteiger partial charge in [0.05, 0.1) is 11.6 Å². The first-order valence-corrected chi connectivity index (χ1v) is 4.69. The Kier molecular flexibility index (Phi) is 3.52. The highest BCUT2D eigenvalue weighted by atomic mass is 19.2. The third-order valence-electron chi connectivity index (χ3n) is 2.24. The molecule has 2 nitrogen and oxygen atoms in total.